The third-order valence-electron chi connectivity index (χ3n) is 4.79. The number of anilines is 2. The lowest BCUT2D eigenvalue weighted by molar-refractivity contribution is -0.116. The Labute approximate surface area is 184 Å². The molecule has 0 fully saturated rings. The van der Waals surface area contributed by atoms with Crippen LogP contribution in [0, 0.1) is 19.7 Å². The van der Waals surface area contributed by atoms with Crippen LogP contribution in [0.1, 0.15) is 23.9 Å². The lowest BCUT2D eigenvalue weighted by Gasteiger charge is -2.11. The molecule has 0 radical (unpaired) electrons. The highest BCUT2D eigenvalue weighted by Crippen LogP contribution is 2.21. The van der Waals surface area contributed by atoms with Crippen molar-refractivity contribution in [1.29, 1.82) is 0 Å². The van der Waals surface area contributed by atoms with Gasteiger partial charge in [-0.15, -0.1) is 10.2 Å². The van der Waals surface area contributed by atoms with Gasteiger partial charge in [0.05, 0.1) is 17.9 Å². The zero-order valence-corrected chi connectivity index (χ0v) is 18.4. The first-order chi connectivity index (χ1) is 14.9. The normalized spacial score (nSPS) is 10.7. The number of aromatic nitrogens is 3. The summed E-state index contributed by atoms with van der Waals surface area (Å²) < 4.78 is 15.5. The summed E-state index contributed by atoms with van der Waals surface area (Å²) in [5.41, 5.74) is 3.04. The molecule has 2 amide bonds. The largest absolute Gasteiger partial charge is 0.325 e. The van der Waals surface area contributed by atoms with Gasteiger partial charge in [-0.05, 0) is 50.1 Å². The molecule has 31 heavy (non-hydrogen) atoms. The van der Waals surface area contributed by atoms with Gasteiger partial charge in [0.25, 0.3) is 0 Å². The van der Waals surface area contributed by atoms with Gasteiger partial charge in [-0.25, -0.2) is 4.39 Å². The maximum absolute atomic E-state index is 13.7. The number of halogens is 1. The molecule has 7 nitrogen and oxygen atoms in total. The average Bonchev–Trinajstić information content (AvgIpc) is 3.13. The van der Waals surface area contributed by atoms with Gasteiger partial charge in [0.15, 0.2) is 5.16 Å². The number of nitrogens with zero attached hydrogens (tertiary/aromatic N) is 3. The molecule has 0 spiro atoms. The smallest absolute Gasteiger partial charge is 0.234 e. The summed E-state index contributed by atoms with van der Waals surface area (Å²) in [5.74, 6) is -0.431. The van der Waals surface area contributed by atoms with E-state index in [1.54, 1.807) is 16.7 Å². The fourth-order valence-corrected chi connectivity index (χ4v) is 3.80. The van der Waals surface area contributed by atoms with Gasteiger partial charge >= 0.3 is 0 Å². The fraction of sp³-hybridized carbons (Fsp3) is 0.273. The average molecular weight is 442 g/mol. The predicted octanol–water partition coefficient (Wildman–Crippen LogP) is 3.97. The number of rotatable bonds is 8. The van der Waals surface area contributed by atoms with E-state index in [2.05, 4.69) is 20.8 Å². The van der Waals surface area contributed by atoms with Crippen molar-refractivity contribution in [3.63, 3.8) is 0 Å². The fourth-order valence-electron chi connectivity index (χ4n) is 2.98. The number of para-hydroxylation sites is 1. The quantitative estimate of drug-likeness (QED) is 0.517. The Kier molecular flexibility index (Phi) is 7.41. The van der Waals surface area contributed by atoms with E-state index in [0.29, 0.717) is 17.5 Å². The van der Waals surface area contributed by atoms with Gasteiger partial charge in [-0.2, -0.15) is 0 Å². The highest BCUT2D eigenvalue weighted by Gasteiger charge is 2.17. The van der Waals surface area contributed by atoms with Crippen molar-refractivity contribution in [2.45, 2.75) is 38.9 Å². The molecule has 2 aromatic carbocycles. The number of carbonyl (C=O) groups is 2. The van der Waals surface area contributed by atoms with Crippen molar-refractivity contribution in [1.82, 2.24) is 14.8 Å². The molecule has 0 aliphatic heterocycles. The second-order valence-corrected chi connectivity index (χ2v) is 7.87. The van der Waals surface area contributed by atoms with Crippen molar-refractivity contribution >= 4 is 35.0 Å². The molecule has 0 atom stereocenters. The van der Waals surface area contributed by atoms with Gasteiger partial charge in [0, 0.05) is 12.2 Å². The molecular weight excluding hydrogens is 417 g/mol. The Bertz CT molecular complexity index is 1100. The number of nitrogens with one attached hydrogen (secondary N) is 2. The van der Waals surface area contributed by atoms with E-state index in [1.165, 1.54) is 23.9 Å². The van der Waals surface area contributed by atoms with Crippen LogP contribution >= 0.6 is 11.8 Å². The van der Waals surface area contributed by atoms with Gasteiger partial charge < -0.3 is 15.2 Å². The van der Waals surface area contributed by atoms with Gasteiger partial charge in [0.1, 0.15) is 11.6 Å². The minimum Gasteiger partial charge on any atom is -0.325 e. The number of carbonyl (C=O) groups excluding carboxylic acids is 2. The second-order valence-electron chi connectivity index (χ2n) is 6.93. The number of thioether (sulfide) groups is 1. The molecule has 0 aliphatic rings. The van der Waals surface area contributed by atoms with Crippen LogP contribution in [0.5, 0.6) is 0 Å². The van der Waals surface area contributed by atoms with Gasteiger partial charge in [0.2, 0.25) is 11.8 Å². The van der Waals surface area contributed by atoms with Crippen LogP contribution in [-0.4, -0.2) is 32.3 Å². The van der Waals surface area contributed by atoms with Gasteiger partial charge in [-0.3, -0.25) is 9.59 Å². The highest BCUT2D eigenvalue weighted by atomic mass is 32.2. The molecule has 0 bridgehead atoms. The minimum atomic E-state index is -0.501. The van der Waals surface area contributed by atoms with Crippen LogP contribution in [-0.2, 0) is 22.6 Å². The molecule has 162 valence electrons. The first kappa shape index (κ1) is 22.5. The van der Waals surface area contributed by atoms with E-state index in [4.69, 9.17) is 0 Å². The molecule has 0 aliphatic carbocycles. The van der Waals surface area contributed by atoms with Crippen molar-refractivity contribution < 1.29 is 14.0 Å². The highest BCUT2D eigenvalue weighted by molar-refractivity contribution is 7.99. The number of hydrogen-bond acceptors (Lipinski definition) is 5. The maximum atomic E-state index is 13.7. The minimum absolute atomic E-state index is 0.0512. The molecule has 0 unspecified atom stereocenters. The number of hydrogen-bond donors (Lipinski definition) is 2. The number of amides is 2. The molecule has 0 saturated carbocycles. The van der Waals surface area contributed by atoms with E-state index < -0.39 is 11.7 Å². The van der Waals surface area contributed by atoms with E-state index in [0.717, 1.165) is 16.8 Å². The van der Waals surface area contributed by atoms with Crippen molar-refractivity contribution in [3.05, 3.63) is 65.2 Å². The van der Waals surface area contributed by atoms with Crippen molar-refractivity contribution in [2.24, 2.45) is 0 Å². The summed E-state index contributed by atoms with van der Waals surface area (Å²) in [6.45, 7) is 6.40. The third kappa shape index (κ3) is 5.69. The predicted molar refractivity (Wildman–Crippen MR) is 120 cm³/mol. The lowest BCUT2D eigenvalue weighted by Crippen LogP contribution is -2.18. The Morgan fingerprint density at radius 3 is 2.45 bits per heavy atom. The monoisotopic (exact) mass is 441 g/mol. The first-order valence-corrected chi connectivity index (χ1v) is 10.8. The summed E-state index contributed by atoms with van der Waals surface area (Å²) >= 11 is 1.25. The molecular formula is C22H24FN5O2S. The van der Waals surface area contributed by atoms with E-state index in [-0.39, 0.29) is 23.8 Å². The van der Waals surface area contributed by atoms with Crippen LogP contribution in [0.15, 0.2) is 47.6 Å². The molecule has 3 rings (SSSR count). The topological polar surface area (TPSA) is 88.9 Å². The maximum Gasteiger partial charge on any atom is 0.234 e. The first-order valence-electron chi connectivity index (χ1n) is 9.84. The molecule has 3 aromatic rings. The Morgan fingerprint density at radius 2 is 1.71 bits per heavy atom. The zero-order chi connectivity index (χ0) is 22.4. The van der Waals surface area contributed by atoms with E-state index >= 15 is 0 Å². The molecule has 2 N–H and O–H groups in total. The van der Waals surface area contributed by atoms with Crippen LogP contribution in [0.4, 0.5) is 15.8 Å². The van der Waals surface area contributed by atoms with Crippen molar-refractivity contribution in [3.8, 4) is 0 Å². The summed E-state index contributed by atoms with van der Waals surface area (Å²) in [6.07, 6.45) is -0.0512. The Balaban J connectivity index is 1.60. The van der Waals surface area contributed by atoms with Crippen LogP contribution in [0.3, 0.4) is 0 Å². The number of benzene rings is 2. The SMILES string of the molecule is CCn1c(CC(=O)Nc2ccccc2F)nnc1SCC(=O)Nc1cccc(C)c1C. The number of aryl methyl sites for hydroxylation is 1. The zero-order valence-electron chi connectivity index (χ0n) is 17.6. The third-order valence-corrected chi connectivity index (χ3v) is 5.75. The molecule has 1 aromatic heterocycles. The van der Waals surface area contributed by atoms with Crippen LogP contribution in [0.2, 0.25) is 0 Å². The summed E-state index contributed by atoms with van der Waals surface area (Å²) in [5, 5.41) is 14.2. The summed E-state index contributed by atoms with van der Waals surface area (Å²) in [6, 6.07) is 11.7. The molecule has 9 heteroatoms. The van der Waals surface area contributed by atoms with Crippen molar-refractivity contribution in [2.75, 3.05) is 16.4 Å². The Morgan fingerprint density at radius 1 is 1.00 bits per heavy atom. The summed E-state index contributed by atoms with van der Waals surface area (Å²) in [7, 11) is 0. The summed E-state index contributed by atoms with van der Waals surface area (Å²) in [4.78, 5) is 24.7. The second kappa shape index (κ2) is 10.2. The van der Waals surface area contributed by atoms with E-state index in [9.17, 15) is 14.0 Å². The Hall–Kier alpha value is -3.20. The van der Waals surface area contributed by atoms with Crippen LogP contribution < -0.4 is 10.6 Å². The van der Waals surface area contributed by atoms with Gasteiger partial charge in [-0.1, -0.05) is 36.0 Å². The molecule has 1 heterocycles. The lowest BCUT2D eigenvalue weighted by atomic mass is 10.1. The van der Waals surface area contributed by atoms with Crippen LogP contribution in [0.25, 0.3) is 0 Å². The van der Waals surface area contributed by atoms with E-state index in [1.807, 2.05) is 39.0 Å². The standard InChI is InChI=1S/C22H24FN5O2S/c1-4-28-19(12-20(29)25-18-10-6-5-9-16(18)23)26-27-22(28)31-13-21(30)24-17-11-7-8-14(2)15(17)3/h5-11H,4,12-13H2,1-3H3,(H,24,30)(H,25,29). The molecule has 0 saturated heterocycles.